The molecule has 3 N–H and O–H groups in total. The Labute approximate surface area is 94.4 Å². The van der Waals surface area contributed by atoms with Crippen molar-refractivity contribution >= 4 is 23.1 Å². The molecule has 2 rings (SSSR count). The summed E-state index contributed by atoms with van der Waals surface area (Å²) in [5.74, 6) is 0.307. The maximum atomic E-state index is 12.1. The Kier molecular flexibility index (Phi) is 2.68. The van der Waals surface area contributed by atoms with E-state index in [4.69, 9.17) is 23.1 Å². The second kappa shape index (κ2) is 3.72. The Balaban J connectivity index is 2.01. The minimum atomic E-state index is -0.528. The Morgan fingerprint density at radius 3 is 2.67 bits per heavy atom. The summed E-state index contributed by atoms with van der Waals surface area (Å²) in [5, 5.41) is 9.00. The van der Waals surface area contributed by atoms with Crippen molar-refractivity contribution in [2.75, 3.05) is 19.7 Å². The van der Waals surface area contributed by atoms with Crippen molar-refractivity contribution in [1.82, 2.24) is 4.90 Å². The predicted molar refractivity (Wildman–Crippen MR) is 60.2 cm³/mol. The van der Waals surface area contributed by atoms with Crippen molar-refractivity contribution in [1.29, 1.82) is 0 Å². The lowest BCUT2D eigenvalue weighted by molar-refractivity contribution is -0.133. The first-order chi connectivity index (χ1) is 7.10. The van der Waals surface area contributed by atoms with E-state index in [0.29, 0.717) is 11.5 Å². The van der Waals surface area contributed by atoms with Gasteiger partial charge in [0.2, 0.25) is 5.91 Å². The van der Waals surface area contributed by atoms with E-state index in [0.717, 1.165) is 25.8 Å². The fourth-order valence-corrected chi connectivity index (χ4v) is 2.45. The molecule has 0 radical (unpaired) electrons. The summed E-state index contributed by atoms with van der Waals surface area (Å²) in [5.41, 5.74) is 5.07. The van der Waals surface area contributed by atoms with Crippen LogP contribution in [0.4, 0.5) is 0 Å². The highest BCUT2D eigenvalue weighted by atomic mass is 32.1. The van der Waals surface area contributed by atoms with Crippen LogP contribution >= 0.6 is 12.2 Å². The molecule has 1 aliphatic heterocycles. The second-order valence-corrected chi connectivity index (χ2v) is 4.97. The first-order valence-electron chi connectivity index (χ1n) is 5.30. The van der Waals surface area contributed by atoms with Gasteiger partial charge in [-0.3, -0.25) is 4.79 Å². The standard InChI is InChI=1S/C10H16N2O2S/c11-8(15)10(2-3-10)9(14)12-4-1-7(5-12)6-13/h7,13H,1-6H2,(H2,11,15). The van der Waals surface area contributed by atoms with Gasteiger partial charge in [-0.15, -0.1) is 0 Å². The van der Waals surface area contributed by atoms with Crippen molar-refractivity contribution < 1.29 is 9.90 Å². The summed E-state index contributed by atoms with van der Waals surface area (Å²) in [6, 6.07) is 0. The monoisotopic (exact) mass is 228 g/mol. The lowest BCUT2D eigenvalue weighted by Crippen LogP contribution is -2.41. The summed E-state index contributed by atoms with van der Waals surface area (Å²) in [6.07, 6.45) is 2.47. The van der Waals surface area contributed by atoms with Gasteiger partial charge in [0.05, 0.1) is 10.4 Å². The number of aliphatic hydroxyl groups is 1. The largest absolute Gasteiger partial charge is 0.396 e. The van der Waals surface area contributed by atoms with Crippen LogP contribution in [0.1, 0.15) is 19.3 Å². The van der Waals surface area contributed by atoms with Gasteiger partial charge < -0.3 is 15.7 Å². The van der Waals surface area contributed by atoms with Gasteiger partial charge in [0.15, 0.2) is 0 Å². The van der Waals surface area contributed by atoms with Gasteiger partial charge in [0.1, 0.15) is 0 Å². The number of aliphatic hydroxyl groups excluding tert-OH is 1. The summed E-state index contributed by atoms with van der Waals surface area (Å²) < 4.78 is 0. The van der Waals surface area contributed by atoms with Crippen LogP contribution in [-0.2, 0) is 4.79 Å². The summed E-state index contributed by atoms with van der Waals surface area (Å²) in [4.78, 5) is 14.2. The molecular weight excluding hydrogens is 212 g/mol. The molecule has 2 aliphatic rings. The Morgan fingerprint density at radius 1 is 1.60 bits per heavy atom. The molecule has 0 spiro atoms. The topological polar surface area (TPSA) is 66.6 Å². The number of likely N-dealkylation sites (tertiary alicyclic amines) is 1. The van der Waals surface area contributed by atoms with Crippen molar-refractivity contribution in [3.8, 4) is 0 Å². The molecule has 84 valence electrons. The Hall–Kier alpha value is -0.680. The molecule has 5 heteroatoms. The zero-order valence-electron chi connectivity index (χ0n) is 8.61. The van der Waals surface area contributed by atoms with Crippen LogP contribution in [0, 0.1) is 11.3 Å². The molecule has 1 atom stereocenters. The van der Waals surface area contributed by atoms with E-state index in [1.807, 2.05) is 0 Å². The Bertz CT molecular complexity index is 302. The quantitative estimate of drug-likeness (QED) is 0.662. The van der Waals surface area contributed by atoms with E-state index in [1.54, 1.807) is 4.90 Å². The third kappa shape index (κ3) is 1.74. The average Bonchev–Trinajstić information content (AvgIpc) is 2.89. The van der Waals surface area contributed by atoms with Gasteiger partial charge in [0, 0.05) is 25.6 Å². The van der Waals surface area contributed by atoms with E-state index in [9.17, 15) is 4.79 Å². The van der Waals surface area contributed by atoms with E-state index in [2.05, 4.69) is 0 Å². The minimum Gasteiger partial charge on any atom is -0.396 e. The molecule has 1 aliphatic carbocycles. The average molecular weight is 228 g/mol. The molecule has 0 bridgehead atoms. The number of carbonyl (C=O) groups is 1. The number of amides is 1. The molecular formula is C10H16N2O2S. The summed E-state index contributed by atoms with van der Waals surface area (Å²) in [7, 11) is 0. The number of hydrogen-bond acceptors (Lipinski definition) is 3. The van der Waals surface area contributed by atoms with E-state index >= 15 is 0 Å². The van der Waals surface area contributed by atoms with Crippen molar-refractivity contribution in [2.45, 2.75) is 19.3 Å². The molecule has 0 aromatic carbocycles. The van der Waals surface area contributed by atoms with Crippen LogP contribution in [0.3, 0.4) is 0 Å². The second-order valence-electron chi connectivity index (χ2n) is 4.53. The summed E-state index contributed by atoms with van der Waals surface area (Å²) in [6.45, 7) is 1.54. The highest BCUT2D eigenvalue weighted by Crippen LogP contribution is 2.48. The maximum absolute atomic E-state index is 12.1. The van der Waals surface area contributed by atoms with Crippen molar-refractivity contribution in [3.05, 3.63) is 0 Å². The third-order valence-corrected chi connectivity index (χ3v) is 3.85. The van der Waals surface area contributed by atoms with Crippen LogP contribution in [0.15, 0.2) is 0 Å². The van der Waals surface area contributed by atoms with E-state index in [1.165, 1.54) is 0 Å². The first-order valence-corrected chi connectivity index (χ1v) is 5.71. The number of hydrogen-bond donors (Lipinski definition) is 2. The van der Waals surface area contributed by atoms with Crippen LogP contribution in [-0.4, -0.2) is 40.6 Å². The number of rotatable bonds is 3. The fraction of sp³-hybridized carbons (Fsp3) is 0.800. The normalized spacial score (nSPS) is 27.8. The molecule has 1 saturated carbocycles. The SMILES string of the molecule is NC(=S)C1(C(=O)N2CCC(CO)C2)CC1. The zero-order chi connectivity index (χ0) is 11.1. The van der Waals surface area contributed by atoms with Crippen LogP contribution in [0.25, 0.3) is 0 Å². The highest BCUT2D eigenvalue weighted by Gasteiger charge is 2.55. The molecule has 1 amide bonds. The number of thiocarbonyl (C=S) groups is 1. The number of nitrogens with zero attached hydrogens (tertiary/aromatic N) is 1. The van der Waals surface area contributed by atoms with Crippen molar-refractivity contribution in [3.63, 3.8) is 0 Å². The van der Waals surface area contributed by atoms with Gasteiger partial charge >= 0.3 is 0 Å². The third-order valence-electron chi connectivity index (χ3n) is 3.46. The van der Waals surface area contributed by atoms with E-state index in [-0.39, 0.29) is 18.4 Å². The summed E-state index contributed by atoms with van der Waals surface area (Å²) >= 11 is 4.94. The zero-order valence-corrected chi connectivity index (χ0v) is 9.42. The maximum Gasteiger partial charge on any atom is 0.235 e. The molecule has 2 fully saturated rings. The molecule has 0 aromatic heterocycles. The Morgan fingerprint density at radius 2 is 2.27 bits per heavy atom. The smallest absolute Gasteiger partial charge is 0.235 e. The predicted octanol–water partition coefficient (Wildman–Crippen LogP) is -0.107. The van der Waals surface area contributed by atoms with Gasteiger partial charge in [0.25, 0.3) is 0 Å². The van der Waals surface area contributed by atoms with Crippen molar-refractivity contribution in [2.24, 2.45) is 17.1 Å². The number of carbonyl (C=O) groups excluding carboxylic acids is 1. The lowest BCUT2D eigenvalue weighted by atomic mass is 10.1. The van der Waals surface area contributed by atoms with Crippen LogP contribution in [0.2, 0.25) is 0 Å². The molecule has 0 aromatic rings. The molecule has 1 unspecified atom stereocenters. The van der Waals surface area contributed by atoms with Crippen LogP contribution < -0.4 is 5.73 Å². The van der Waals surface area contributed by atoms with Gasteiger partial charge in [-0.2, -0.15) is 0 Å². The molecule has 15 heavy (non-hydrogen) atoms. The molecule has 4 nitrogen and oxygen atoms in total. The fourth-order valence-electron chi connectivity index (χ4n) is 2.16. The molecule has 1 heterocycles. The van der Waals surface area contributed by atoms with Gasteiger partial charge in [-0.05, 0) is 19.3 Å². The van der Waals surface area contributed by atoms with Crippen LogP contribution in [0.5, 0.6) is 0 Å². The lowest BCUT2D eigenvalue weighted by Gasteiger charge is -2.22. The van der Waals surface area contributed by atoms with E-state index < -0.39 is 5.41 Å². The highest BCUT2D eigenvalue weighted by molar-refractivity contribution is 7.80. The van der Waals surface area contributed by atoms with Gasteiger partial charge in [-0.25, -0.2) is 0 Å². The number of nitrogens with two attached hydrogens (primary N) is 1. The van der Waals surface area contributed by atoms with Gasteiger partial charge in [-0.1, -0.05) is 12.2 Å². The first kappa shape index (κ1) is 10.8. The minimum absolute atomic E-state index is 0.0750. The molecule has 1 saturated heterocycles.